The monoisotopic (exact) mass is 322 g/mol. The summed E-state index contributed by atoms with van der Waals surface area (Å²) in [6.45, 7) is 8.98. The van der Waals surface area contributed by atoms with Crippen molar-refractivity contribution in [1.29, 1.82) is 0 Å². The van der Waals surface area contributed by atoms with Gasteiger partial charge in [0.2, 0.25) is 0 Å². The molecule has 0 fully saturated rings. The van der Waals surface area contributed by atoms with Gasteiger partial charge in [-0.1, -0.05) is 50.0 Å². The molecule has 0 spiro atoms. The fourth-order valence-corrected chi connectivity index (χ4v) is 2.76. The Balaban J connectivity index is 0.000000956. The van der Waals surface area contributed by atoms with Gasteiger partial charge in [0.25, 0.3) is 0 Å². The van der Waals surface area contributed by atoms with Gasteiger partial charge in [-0.2, -0.15) is 5.32 Å². The Bertz CT molecular complexity index is 588. The number of para-hydroxylation sites is 1. The fourth-order valence-electron chi connectivity index (χ4n) is 1.71. The van der Waals surface area contributed by atoms with Crippen LogP contribution < -0.4 is 10.3 Å². The van der Waals surface area contributed by atoms with E-state index in [1.807, 2.05) is 24.4 Å². The molecule has 20 heavy (non-hydrogen) atoms. The van der Waals surface area contributed by atoms with Gasteiger partial charge >= 0.3 is 21.0 Å². The Labute approximate surface area is 130 Å². The molecule has 0 aliphatic heterocycles. The fraction of sp³-hybridized carbons (Fsp3) is 0.267. The molecule has 1 aromatic heterocycles. The number of aryl methyl sites for hydroxylation is 1. The Morgan fingerprint density at radius 2 is 1.75 bits per heavy atom. The van der Waals surface area contributed by atoms with Crippen molar-refractivity contribution in [2.45, 2.75) is 26.6 Å². The van der Waals surface area contributed by atoms with Gasteiger partial charge in [0.15, 0.2) is 0 Å². The number of hydrogen-bond donors (Lipinski definition) is 0. The minimum atomic E-state index is -1.30. The molecule has 1 aromatic carbocycles. The molecule has 0 aliphatic carbocycles. The Kier molecular flexibility index (Phi) is 6.33. The predicted molar refractivity (Wildman–Crippen MR) is 81.9 cm³/mol. The first-order chi connectivity index (χ1) is 9.47. The van der Waals surface area contributed by atoms with Crippen molar-refractivity contribution in [3.05, 3.63) is 47.7 Å². The maximum absolute atomic E-state index is 8.19. The Morgan fingerprint density at radius 1 is 1.10 bits per heavy atom. The molecular weight excluding hydrogens is 303 g/mol. The van der Waals surface area contributed by atoms with E-state index in [2.05, 4.69) is 54.7 Å². The van der Waals surface area contributed by atoms with Crippen molar-refractivity contribution in [3.8, 4) is 0 Å². The van der Waals surface area contributed by atoms with Crippen molar-refractivity contribution >= 4 is 25.3 Å². The Hall–Kier alpha value is -1.23. The second-order valence-electron chi connectivity index (χ2n) is 5.55. The van der Waals surface area contributed by atoms with E-state index in [1.165, 1.54) is 10.9 Å². The summed E-state index contributed by atoms with van der Waals surface area (Å²) in [5.74, 6) is 0. The van der Waals surface area contributed by atoms with Crippen LogP contribution in [0.3, 0.4) is 0 Å². The van der Waals surface area contributed by atoms with E-state index >= 15 is 0 Å². The van der Waals surface area contributed by atoms with Gasteiger partial charge in [-0.15, -0.1) is 5.69 Å². The van der Waals surface area contributed by atoms with Crippen LogP contribution in [0, 0.1) is 6.92 Å². The normalized spacial score (nSPS) is 11.2. The van der Waals surface area contributed by atoms with E-state index in [9.17, 15) is 0 Å². The van der Waals surface area contributed by atoms with Crippen LogP contribution >= 0.6 is 0 Å². The van der Waals surface area contributed by atoms with E-state index in [1.54, 1.807) is 0 Å². The summed E-state index contributed by atoms with van der Waals surface area (Å²) in [6.07, 6.45) is 1.85. The van der Waals surface area contributed by atoms with E-state index in [-0.39, 0.29) is 0 Å². The molecule has 0 amide bonds. The summed E-state index contributed by atoms with van der Waals surface area (Å²) in [7, 11) is -1.30. The molecule has 3 nitrogen and oxygen atoms in total. The third-order valence-corrected chi connectivity index (χ3v) is 4.70. The molecule has 1 heterocycles. The third kappa shape index (κ3) is 4.71. The zero-order chi connectivity index (χ0) is 15.2. The minimum absolute atomic E-state index is 0.954. The van der Waals surface area contributed by atoms with Crippen LogP contribution in [-0.2, 0) is 21.0 Å². The van der Waals surface area contributed by atoms with Crippen molar-refractivity contribution in [1.82, 2.24) is 4.98 Å². The molecule has 0 unspecified atom stereocenters. The van der Waals surface area contributed by atoms with Gasteiger partial charge in [0.1, 0.15) is 0 Å². The number of rotatable bonds is 3. The van der Waals surface area contributed by atoms with Crippen LogP contribution in [0.25, 0.3) is 0 Å². The molecule has 0 saturated heterocycles. The van der Waals surface area contributed by atoms with E-state index in [0.717, 1.165) is 28.8 Å². The summed E-state index contributed by atoms with van der Waals surface area (Å²) in [5.41, 5.74) is 3.15. The molecule has 0 atom stereocenters. The Morgan fingerprint density at radius 3 is 2.30 bits per heavy atom. The zero-order valence-corrected chi connectivity index (χ0v) is 14.7. The average molecular weight is 322 g/mol. The molecule has 0 bridgehead atoms. The van der Waals surface area contributed by atoms with Gasteiger partial charge in [-0.25, -0.2) is 0 Å². The van der Waals surface area contributed by atoms with Crippen molar-refractivity contribution < 1.29 is 21.0 Å². The number of hydrogen-bond acceptors (Lipinski definition) is 2. The molecule has 5 heteroatoms. The maximum atomic E-state index is 8.19. The van der Waals surface area contributed by atoms with Crippen LogP contribution in [-0.4, -0.2) is 14.3 Å². The zero-order valence-electron chi connectivity index (χ0n) is 12.3. The van der Waals surface area contributed by atoms with Crippen LogP contribution in [0.4, 0.5) is 5.69 Å². The first-order valence-electron chi connectivity index (χ1n) is 6.39. The molecule has 0 N–H and O–H groups in total. The molecule has 0 aliphatic rings. The molecule has 2 rings (SSSR count). The van der Waals surface area contributed by atoms with Crippen LogP contribution in [0.1, 0.15) is 11.3 Å². The van der Waals surface area contributed by atoms with Crippen LogP contribution in [0.2, 0.25) is 19.6 Å². The summed E-state index contributed by atoms with van der Waals surface area (Å²) in [4.78, 5) is 9.14. The number of benzene rings is 1. The van der Waals surface area contributed by atoms with Crippen LogP contribution in [0.5, 0.6) is 0 Å². The summed E-state index contributed by atoms with van der Waals surface area (Å²) >= 11 is 1.06. The third-order valence-electron chi connectivity index (χ3n) is 2.88. The standard InChI is InChI=1S/C15H19N2Si.O.V/c1-12-7-5-6-8-14(12)16-11-13-9-10-15(17-13)18(2,3)4;;/h5-11H,1-4H3;;/q-1;;. The molecular formula is C15H19N2OSiV-. The number of aliphatic imine (C=N–C) groups is 1. The van der Waals surface area contributed by atoms with Gasteiger partial charge in [0.05, 0.1) is 13.8 Å². The quantitative estimate of drug-likeness (QED) is 0.644. The molecule has 105 valence electrons. The predicted octanol–water partition coefficient (Wildman–Crippen LogP) is 3.13. The number of aromatic nitrogens is 1. The topological polar surface area (TPSA) is 43.5 Å². The first kappa shape index (κ1) is 16.8. The van der Waals surface area contributed by atoms with Gasteiger partial charge < -0.3 is 4.98 Å². The summed E-state index contributed by atoms with van der Waals surface area (Å²) in [5, 5.41) is 1.24. The van der Waals surface area contributed by atoms with E-state index in [4.69, 9.17) is 3.67 Å². The number of nitrogens with zero attached hydrogens (tertiary/aromatic N) is 2. The van der Waals surface area contributed by atoms with Crippen molar-refractivity contribution in [2.75, 3.05) is 0 Å². The van der Waals surface area contributed by atoms with E-state index in [0.29, 0.717) is 0 Å². The van der Waals surface area contributed by atoms with Gasteiger partial charge in [-0.3, -0.25) is 4.99 Å². The second-order valence-corrected chi connectivity index (χ2v) is 10.6. The van der Waals surface area contributed by atoms with Gasteiger partial charge in [0, 0.05) is 6.21 Å². The van der Waals surface area contributed by atoms with Crippen LogP contribution in [0.15, 0.2) is 41.4 Å². The molecule has 2 aromatic rings. The van der Waals surface area contributed by atoms with E-state index < -0.39 is 8.07 Å². The van der Waals surface area contributed by atoms with Crippen molar-refractivity contribution in [2.24, 2.45) is 4.99 Å². The van der Waals surface area contributed by atoms with Crippen molar-refractivity contribution in [3.63, 3.8) is 0 Å². The average Bonchev–Trinajstić information content (AvgIpc) is 2.89. The first-order valence-corrected chi connectivity index (χ1v) is 10.5. The summed E-state index contributed by atoms with van der Waals surface area (Å²) < 4.78 is 8.19. The SMILES string of the molecule is Cc1ccccc1N=Cc1ccc([Si](C)(C)C)[n-]1.[O]=[V]. The molecule has 0 radical (unpaired) electrons. The van der Waals surface area contributed by atoms with Gasteiger partial charge in [-0.05, 0) is 18.6 Å². The molecule has 0 saturated carbocycles. The second kappa shape index (κ2) is 7.53. The summed E-state index contributed by atoms with van der Waals surface area (Å²) in [6, 6.07) is 12.3.